The molecule has 0 spiro atoms. The first-order valence-corrected chi connectivity index (χ1v) is 3.61. The van der Waals surface area contributed by atoms with Gasteiger partial charge in [-0.1, -0.05) is 20.3 Å². The number of hydrogen-bond donors (Lipinski definition) is 1. The summed E-state index contributed by atoms with van der Waals surface area (Å²) in [6, 6.07) is 0. The summed E-state index contributed by atoms with van der Waals surface area (Å²) in [7, 11) is 0. The van der Waals surface area contributed by atoms with Crippen molar-refractivity contribution in [3.05, 3.63) is 0 Å². The van der Waals surface area contributed by atoms with Crippen molar-refractivity contribution in [2.45, 2.75) is 39.4 Å². The third-order valence-corrected chi connectivity index (χ3v) is 1.16. The Hall–Kier alpha value is -0.0800. The molecule has 1 unspecified atom stereocenters. The number of hydrogen-bond acceptors (Lipinski definition) is 2. The molecule has 56 valence electrons. The molecule has 0 aromatic rings. The van der Waals surface area contributed by atoms with E-state index in [0.717, 1.165) is 12.8 Å². The topological polar surface area (TPSA) is 29.5 Å². The zero-order valence-electron chi connectivity index (χ0n) is 6.26. The van der Waals surface area contributed by atoms with E-state index in [-0.39, 0.29) is 0 Å². The summed E-state index contributed by atoms with van der Waals surface area (Å²) in [5.74, 6) is 0. The van der Waals surface area contributed by atoms with E-state index < -0.39 is 6.29 Å². The van der Waals surface area contributed by atoms with Crippen LogP contribution in [0.2, 0.25) is 0 Å². The molecular weight excluding hydrogens is 116 g/mol. The van der Waals surface area contributed by atoms with E-state index in [2.05, 4.69) is 6.92 Å². The van der Waals surface area contributed by atoms with Gasteiger partial charge in [-0.3, -0.25) is 0 Å². The molecule has 0 rings (SSSR count). The van der Waals surface area contributed by atoms with E-state index in [1.807, 2.05) is 6.92 Å². The Morgan fingerprint density at radius 1 is 1.44 bits per heavy atom. The minimum atomic E-state index is -0.545. The SMILES string of the molecule is CCCCOC(O)CC. The average molecular weight is 132 g/mol. The fourth-order valence-corrected chi connectivity index (χ4v) is 0.482. The van der Waals surface area contributed by atoms with Gasteiger partial charge in [-0.15, -0.1) is 0 Å². The lowest BCUT2D eigenvalue weighted by Gasteiger charge is -2.07. The van der Waals surface area contributed by atoms with Crippen LogP contribution in [-0.2, 0) is 4.74 Å². The molecule has 0 aliphatic heterocycles. The summed E-state index contributed by atoms with van der Waals surface area (Å²) in [5.41, 5.74) is 0. The zero-order valence-corrected chi connectivity index (χ0v) is 6.26. The highest BCUT2D eigenvalue weighted by atomic mass is 16.6. The smallest absolute Gasteiger partial charge is 0.154 e. The Kier molecular flexibility index (Phi) is 5.99. The lowest BCUT2D eigenvalue weighted by atomic mass is 10.4. The summed E-state index contributed by atoms with van der Waals surface area (Å²) in [5, 5.41) is 8.86. The second-order valence-electron chi connectivity index (χ2n) is 2.09. The van der Waals surface area contributed by atoms with Crippen LogP contribution in [0.3, 0.4) is 0 Å². The standard InChI is InChI=1S/C7H16O2/c1-3-5-6-9-7(8)4-2/h7-8H,3-6H2,1-2H3. The highest BCUT2D eigenvalue weighted by Crippen LogP contribution is 1.95. The van der Waals surface area contributed by atoms with Crippen molar-refractivity contribution in [3.63, 3.8) is 0 Å². The summed E-state index contributed by atoms with van der Waals surface area (Å²) >= 11 is 0. The van der Waals surface area contributed by atoms with Gasteiger partial charge in [0.05, 0.1) is 0 Å². The third kappa shape index (κ3) is 5.80. The molecular formula is C7H16O2. The molecule has 0 amide bonds. The molecule has 0 aliphatic rings. The van der Waals surface area contributed by atoms with Crippen molar-refractivity contribution >= 4 is 0 Å². The average Bonchev–Trinajstić information content (AvgIpc) is 1.89. The quantitative estimate of drug-likeness (QED) is 0.454. The molecule has 2 nitrogen and oxygen atoms in total. The molecule has 1 atom stereocenters. The van der Waals surface area contributed by atoms with Gasteiger partial charge in [0.25, 0.3) is 0 Å². The number of ether oxygens (including phenoxy) is 1. The van der Waals surface area contributed by atoms with Crippen LogP contribution in [0.4, 0.5) is 0 Å². The zero-order chi connectivity index (χ0) is 7.11. The van der Waals surface area contributed by atoms with Crippen molar-refractivity contribution in [3.8, 4) is 0 Å². The first-order valence-electron chi connectivity index (χ1n) is 3.61. The van der Waals surface area contributed by atoms with Crippen molar-refractivity contribution in [1.82, 2.24) is 0 Å². The third-order valence-electron chi connectivity index (χ3n) is 1.16. The summed E-state index contributed by atoms with van der Waals surface area (Å²) in [6.07, 6.45) is 2.30. The fraction of sp³-hybridized carbons (Fsp3) is 1.00. The van der Waals surface area contributed by atoms with E-state index >= 15 is 0 Å². The van der Waals surface area contributed by atoms with Crippen LogP contribution in [0.25, 0.3) is 0 Å². The van der Waals surface area contributed by atoms with Crippen LogP contribution < -0.4 is 0 Å². The Labute approximate surface area is 56.8 Å². The van der Waals surface area contributed by atoms with E-state index in [4.69, 9.17) is 9.84 Å². The van der Waals surface area contributed by atoms with Gasteiger partial charge in [0.1, 0.15) is 0 Å². The van der Waals surface area contributed by atoms with Crippen LogP contribution in [0.15, 0.2) is 0 Å². The highest BCUT2D eigenvalue weighted by molar-refractivity contribution is 4.35. The van der Waals surface area contributed by atoms with Gasteiger partial charge >= 0.3 is 0 Å². The first-order chi connectivity index (χ1) is 4.31. The second-order valence-corrected chi connectivity index (χ2v) is 2.09. The molecule has 1 N–H and O–H groups in total. The highest BCUT2D eigenvalue weighted by Gasteiger charge is 1.96. The van der Waals surface area contributed by atoms with Gasteiger partial charge in [-0.2, -0.15) is 0 Å². The number of aliphatic hydroxyl groups excluding tert-OH is 1. The first kappa shape index (κ1) is 8.92. The van der Waals surface area contributed by atoms with Crippen LogP contribution in [0.1, 0.15) is 33.1 Å². The summed E-state index contributed by atoms with van der Waals surface area (Å²) < 4.78 is 4.99. The predicted molar refractivity (Wildman–Crippen MR) is 37.2 cm³/mol. The van der Waals surface area contributed by atoms with Crippen molar-refractivity contribution in [1.29, 1.82) is 0 Å². The Morgan fingerprint density at radius 3 is 2.56 bits per heavy atom. The molecule has 0 saturated heterocycles. The maximum absolute atomic E-state index is 8.86. The lowest BCUT2D eigenvalue weighted by molar-refractivity contribution is -0.101. The van der Waals surface area contributed by atoms with E-state index in [9.17, 15) is 0 Å². The molecule has 0 saturated carbocycles. The second kappa shape index (κ2) is 6.05. The largest absolute Gasteiger partial charge is 0.368 e. The normalized spacial score (nSPS) is 13.7. The molecule has 9 heavy (non-hydrogen) atoms. The molecule has 0 aromatic heterocycles. The van der Waals surface area contributed by atoms with Crippen LogP contribution in [0, 0.1) is 0 Å². The summed E-state index contributed by atoms with van der Waals surface area (Å²) in [4.78, 5) is 0. The monoisotopic (exact) mass is 132 g/mol. The van der Waals surface area contributed by atoms with Gasteiger partial charge in [-0.25, -0.2) is 0 Å². The van der Waals surface area contributed by atoms with Gasteiger partial charge in [0.2, 0.25) is 0 Å². The predicted octanol–water partition coefficient (Wildman–Crippen LogP) is 1.53. The van der Waals surface area contributed by atoms with Crippen molar-refractivity contribution in [2.24, 2.45) is 0 Å². The van der Waals surface area contributed by atoms with Gasteiger partial charge < -0.3 is 9.84 Å². The molecule has 0 bridgehead atoms. The minimum Gasteiger partial charge on any atom is -0.368 e. The Bertz CT molecular complexity index is 54.9. The maximum Gasteiger partial charge on any atom is 0.154 e. The molecule has 2 heteroatoms. The summed E-state index contributed by atoms with van der Waals surface area (Å²) in [6.45, 7) is 4.68. The van der Waals surface area contributed by atoms with Gasteiger partial charge in [-0.05, 0) is 12.8 Å². The van der Waals surface area contributed by atoms with E-state index in [1.54, 1.807) is 0 Å². The van der Waals surface area contributed by atoms with Gasteiger partial charge in [0.15, 0.2) is 6.29 Å². The molecule has 0 radical (unpaired) electrons. The molecule has 0 heterocycles. The Balaban J connectivity index is 2.88. The maximum atomic E-state index is 8.86. The molecule has 0 fully saturated rings. The number of aliphatic hydroxyl groups is 1. The van der Waals surface area contributed by atoms with Crippen LogP contribution in [-0.4, -0.2) is 18.0 Å². The number of unbranched alkanes of at least 4 members (excludes halogenated alkanes) is 1. The fourth-order valence-electron chi connectivity index (χ4n) is 0.482. The van der Waals surface area contributed by atoms with Crippen molar-refractivity contribution < 1.29 is 9.84 Å². The van der Waals surface area contributed by atoms with Crippen molar-refractivity contribution in [2.75, 3.05) is 6.61 Å². The Morgan fingerprint density at radius 2 is 2.11 bits per heavy atom. The molecule has 0 aromatic carbocycles. The molecule has 0 aliphatic carbocycles. The number of rotatable bonds is 5. The van der Waals surface area contributed by atoms with E-state index in [1.165, 1.54) is 0 Å². The van der Waals surface area contributed by atoms with Crippen LogP contribution >= 0.6 is 0 Å². The van der Waals surface area contributed by atoms with E-state index in [0.29, 0.717) is 13.0 Å². The van der Waals surface area contributed by atoms with Gasteiger partial charge in [0, 0.05) is 6.61 Å². The minimum absolute atomic E-state index is 0.545. The lowest BCUT2D eigenvalue weighted by Crippen LogP contribution is -2.10. The van der Waals surface area contributed by atoms with Crippen LogP contribution in [0.5, 0.6) is 0 Å².